The minimum atomic E-state index is -0.678. The molecule has 0 aromatic carbocycles. The number of ether oxygens (including phenoxy) is 11. The van der Waals surface area contributed by atoms with Gasteiger partial charge in [-0.3, -0.25) is 33.6 Å². The van der Waals surface area contributed by atoms with Crippen LogP contribution in [-0.4, -0.2) is 135 Å². The van der Waals surface area contributed by atoms with E-state index in [1.165, 1.54) is 0 Å². The Morgan fingerprint density at radius 1 is 0.447 bits per heavy atom. The molecule has 7 aliphatic carbocycles. The molecule has 14 rings (SSSR count). The molecule has 0 N–H and O–H groups in total. The van der Waals surface area contributed by atoms with Gasteiger partial charge in [0.05, 0.1) is 52.6 Å². The van der Waals surface area contributed by atoms with Crippen LogP contribution in [0.4, 0.5) is 0 Å². The van der Waals surface area contributed by atoms with E-state index in [-0.39, 0.29) is 115 Å². The number of carbonyl (C=O) groups excluding carboxylic acids is 10. The van der Waals surface area contributed by atoms with Crippen molar-refractivity contribution in [2.24, 2.45) is 75.4 Å². The van der Waals surface area contributed by atoms with E-state index >= 15 is 0 Å². The first kappa shape index (κ1) is 65.4. The van der Waals surface area contributed by atoms with Crippen molar-refractivity contribution in [3.63, 3.8) is 0 Å². The second kappa shape index (κ2) is 27.6. The van der Waals surface area contributed by atoms with Gasteiger partial charge in [0.1, 0.15) is 49.3 Å². The van der Waals surface area contributed by atoms with Crippen LogP contribution in [0.15, 0.2) is 12.7 Å². The van der Waals surface area contributed by atoms with Gasteiger partial charge in [0.25, 0.3) is 0 Å². The molecule has 0 aromatic heterocycles. The fourth-order valence-corrected chi connectivity index (χ4v) is 14.3. The molecule has 14 bridgehead atoms. The van der Waals surface area contributed by atoms with Crippen LogP contribution in [0.3, 0.4) is 0 Å². The largest absolute Gasteiger partial charge is 0.463 e. The van der Waals surface area contributed by atoms with E-state index in [0.29, 0.717) is 61.9 Å². The highest BCUT2D eigenvalue weighted by atomic mass is 16.6. The molecule has 0 aromatic rings. The van der Waals surface area contributed by atoms with E-state index in [1.807, 2.05) is 48.5 Å². The van der Waals surface area contributed by atoms with Gasteiger partial charge in [0, 0.05) is 24.3 Å². The third kappa shape index (κ3) is 15.9. The topological polar surface area (TPSA) is 272 Å². The lowest BCUT2D eigenvalue weighted by molar-refractivity contribution is -0.180. The molecule has 21 nitrogen and oxygen atoms in total. The maximum absolute atomic E-state index is 12.3. The van der Waals surface area contributed by atoms with Gasteiger partial charge in [-0.1, -0.05) is 27.4 Å². The number of hydrogen-bond acceptors (Lipinski definition) is 21. The Bertz CT molecular complexity index is 2500. The van der Waals surface area contributed by atoms with Crippen molar-refractivity contribution in [2.75, 3.05) is 26.4 Å². The van der Waals surface area contributed by atoms with Crippen LogP contribution in [0.1, 0.15) is 178 Å². The number of hydrogen-bond donors (Lipinski definition) is 0. The fourth-order valence-electron chi connectivity index (χ4n) is 14.3. The van der Waals surface area contributed by atoms with Crippen LogP contribution in [0.2, 0.25) is 0 Å². The van der Waals surface area contributed by atoms with Crippen molar-refractivity contribution in [1.82, 2.24) is 0 Å². The van der Waals surface area contributed by atoms with Crippen molar-refractivity contribution in [2.45, 2.75) is 227 Å². The molecule has 474 valence electrons. The molecule has 18 atom stereocenters. The molecule has 85 heavy (non-hydrogen) atoms. The summed E-state index contributed by atoms with van der Waals surface area (Å²) >= 11 is 0. The SMILES string of the molecule is C=CC(=O)OCC(=O)OC1CCC2CC1OC2=O.CCC(C)(C)C(=O)OC1C2CC3CC(C2)C(=O)OC1C3.CCC(C)(C)C(=O)OCC(=O)OC1C2CC3CC(C2)C(=O)OC1C3.CCC(C)(C)C(=O)OCCOC1C2CC3CC(C2)C(=O)OC1C3. The summed E-state index contributed by atoms with van der Waals surface area (Å²) in [7, 11) is 0. The first-order valence-electron chi connectivity index (χ1n) is 31.4. The third-order valence-corrected chi connectivity index (χ3v) is 20.4. The first-order chi connectivity index (χ1) is 40.2. The highest BCUT2D eigenvalue weighted by molar-refractivity contribution is 5.84. The average molecular weight is 1200 g/mol. The van der Waals surface area contributed by atoms with Crippen molar-refractivity contribution < 1.29 is 100 Å². The lowest BCUT2D eigenvalue weighted by atomic mass is 9.67. The Morgan fingerprint density at radius 3 is 1.35 bits per heavy atom. The summed E-state index contributed by atoms with van der Waals surface area (Å²) in [6.07, 6.45) is 13.9. The normalized spacial score (nSPS) is 34.9. The minimum Gasteiger partial charge on any atom is -0.463 e. The van der Waals surface area contributed by atoms with Crippen LogP contribution in [0.25, 0.3) is 0 Å². The van der Waals surface area contributed by atoms with Crippen LogP contribution in [0, 0.1) is 75.4 Å². The third-order valence-electron chi connectivity index (χ3n) is 20.4. The summed E-state index contributed by atoms with van der Waals surface area (Å²) in [6.45, 7) is 20.0. The molecular formula is C64H92O21. The number of fused-ring (bicyclic) bond motifs is 5. The fraction of sp³-hybridized carbons (Fsp3) is 0.812. The van der Waals surface area contributed by atoms with Gasteiger partial charge in [0.2, 0.25) is 0 Å². The van der Waals surface area contributed by atoms with Crippen molar-refractivity contribution in [1.29, 1.82) is 0 Å². The molecule has 7 saturated heterocycles. The summed E-state index contributed by atoms with van der Waals surface area (Å²) in [5.41, 5.74) is -1.53. The Kier molecular flexibility index (Phi) is 21.2. The van der Waals surface area contributed by atoms with Crippen molar-refractivity contribution in [3.05, 3.63) is 12.7 Å². The second-order valence-corrected chi connectivity index (χ2v) is 27.6. The van der Waals surface area contributed by atoms with Crippen molar-refractivity contribution >= 4 is 59.7 Å². The quantitative estimate of drug-likeness (QED) is 0.0544. The van der Waals surface area contributed by atoms with Gasteiger partial charge in [-0.25, -0.2) is 14.4 Å². The predicted molar refractivity (Wildman–Crippen MR) is 298 cm³/mol. The second-order valence-electron chi connectivity index (χ2n) is 27.6. The molecular weight excluding hydrogens is 1100 g/mol. The van der Waals surface area contributed by atoms with E-state index in [9.17, 15) is 47.9 Å². The molecule has 7 heterocycles. The number of rotatable bonds is 18. The Hall–Kier alpha value is -5.60. The van der Waals surface area contributed by atoms with Crippen molar-refractivity contribution in [3.8, 4) is 0 Å². The molecule has 21 heteroatoms. The Labute approximate surface area is 499 Å². The number of esters is 10. The van der Waals surface area contributed by atoms with E-state index in [1.54, 1.807) is 13.8 Å². The molecule has 7 saturated carbocycles. The molecule has 0 radical (unpaired) electrons. The standard InChI is InChI=1S/C18H26O6.C18H28O5.C16H24O4.C12H14O6/c1-4-18(2,3)17(21)22-9-14(19)24-15-11-5-10-6-12(8-11)16(20)23-13(15)7-10;1-4-18(2,3)17(20)22-6-5-21-15-12-7-11-8-13(10-12)16(19)23-14(15)9-11;1-4-16(2,3)15(18)20-13-10-5-9-6-11(8-10)14(17)19-12(13)7-9;1-2-10(13)16-6-11(14)17-8-4-3-7-5-9(8)18-12(7)15/h10-13,15H,4-9H2,1-3H3;11-15H,4-10H2,1-3H3;9-13H,4-8H2,1-3H3;2,7-9H,1,3-6H2. The lowest BCUT2D eigenvalue weighted by Crippen LogP contribution is -2.46. The van der Waals surface area contributed by atoms with E-state index in [2.05, 4.69) is 11.3 Å². The van der Waals surface area contributed by atoms with Gasteiger partial charge in [-0.2, -0.15) is 0 Å². The molecule has 18 unspecified atom stereocenters. The summed E-state index contributed by atoms with van der Waals surface area (Å²) in [5, 5.41) is 0. The van der Waals surface area contributed by atoms with E-state index in [4.69, 9.17) is 47.4 Å². The Balaban J connectivity index is 0.000000148. The molecule has 0 amide bonds. The van der Waals surface area contributed by atoms with Crippen LogP contribution in [0.5, 0.6) is 0 Å². The zero-order chi connectivity index (χ0) is 61.7. The zero-order valence-corrected chi connectivity index (χ0v) is 51.3. The average Bonchev–Trinajstić information content (AvgIpc) is 1.99. The molecule has 7 aliphatic heterocycles. The molecule has 14 aliphatic rings. The minimum absolute atomic E-state index is 0.0293. The van der Waals surface area contributed by atoms with Crippen LogP contribution in [-0.2, 0) is 100 Å². The lowest BCUT2D eigenvalue weighted by Gasteiger charge is -2.42. The summed E-state index contributed by atoms with van der Waals surface area (Å²) in [5.74, 6) is -0.548. The highest BCUT2D eigenvalue weighted by Gasteiger charge is 2.55. The molecule has 14 fully saturated rings. The first-order valence-corrected chi connectivity index (χ1v) is 31.4. The summed E-state index contributed by atoms with van der Waals surface area (Å²) in [4.78, 5) is 118. The monoisotopic (exact) mass is 1200 g/mol. The van der Waals surface area contributed by atoms with Gasteiger partial charge in [0.15, 0.2) is 13.2 Å². The number of carbonyl (C=O) groups is 10. The summed E-state index contributed by atoms with van der Waals surface area (Å²) in [6, 6.07) is 0. The zero-order valence-electron chi connectivity index (χ0n) is 51.3. The van der Waals surface area contributed by atoms with E-state index in [0.717, 1.165) is 96.0 Å². The Morgan fingerprint density at radius 2 is 0.859 bits per heavy atom. The van der Waals surface area contributed by atoms with Gasteiger partial charge < -0.3 is 52.1 Å². The predicted octanol–water partition coefficient (Wildman–Crippen LogP) is 8.00. The smallest absolute Gasteiger partial charge is 0.344 e. The molecule has 0 spiro atoms. The van der Waals surface area contributed by atoms with Gasteiger partial charge in [-0.15, -0.1) is 0 Å². The van der Waals surface area contributed by atoms with Gasteiger partial charge >= 0.3 is 59.7 Å². The summed E-state index contributed by atoms with van der Waals surface area (Å²) < 4.78 is 59.3. The van der Waals surface area contributed by atoms with Gasteiger partial charge in [-0.05, 0) is 174 Å². The van der Waals surface area contributed by atoms with Crippen LogP contribution >= 0.6 is 0 Å². The van der Waals surface area contributed by atoms with E-state index < -0.39 is 58.9 Å². The highest BCUT2D eigenvalue weighted by Crippen LogP contribution is 2.51. The van der Waals surface area contributed by atoms with Crippen LogP contribution < -0.4 is 0 Å². The maximum Gasteiger partial charge on any atom is 0.344 e. The maximum atomic E-state index is 12.3.